The minimum absolute atomic E-state index is 0.0175. The van der Waals surface area contributed by atoms with Crippen molar-refractivity contribution in [2.75, 3.05) is 6.61 Å². The first-order chi connectivity index (χ1) is 10.9. The van der Waals surface area contributed by atoms with E-state index in [0.29, 0.717) is 10.9 Å². The van der Waals surface area contributed by atoms with Gasteiger partial charge >= 0.3 is 0 Å². The zero-order valence-corrected chi connectivity index (χ0v) is 14.2. The highest BCUT2D eigenvalue weighted by Gasteiger charge is 2.40. The largest absolute Gasteiger partial charge is 0.396 e. The quantitative estimate of drug-likeness (QED) is 0.900. The van der Waals surface area contributed by atoms with Crippen molar-refractivity contribution >= 4 is 20.9 Å². The molecule has 0 bridgehead atoms. The van der Waals surface area contributed by atoms with Crippen LogP contribution in [-0.4, -0.2) is 31.2 Å². The number of rotatable bonds is 4. The average Bonchev–Trinajstić information content (AvgIpc) is 2.88. The molecule has 23 heavy (non-hydrogen) atoms. The van der Waals surface area contributed by atoms with Crippen LogP contribution in [0.15, 0.2) is 35.4 Å². The maximum atomic E-state index is 12.9. The number of benzene rings is 1. The molecule has 5 nitrogen and oxygen atoms in total. The minimum atomic E-state index is -3.67. The van der Waals surface area contributed by atoms with Gasteiger partial charge in [-0.25, -0.2) is 13.1 Å². The lowest BCUT2D eigenvalue weighted by Crippen LogP contribution is -2.44. The third-order valence-corrected chi connectivity index (χ3v) is 6.49. The smallest absolute Gasteiger partial charge is 0.241 e. The summed E-state index contributed by atoms with van der Waals surface area (Å²) in [6, 6.07) is 6.69. The van der Waals surface area contributed by atoms with Crippen LogP contribution in [0.2, 0.25) is 0 Å². The van der Waals surface area contributed by atoms with Gasteiger partial charge in [0, 0.05) is 29.6 Å². The molecule has 0 aliphatic heterocycles. The van der Waals surface area contributed by atoms with Crippen molar-refractivity contribution in [2.24, 2.45) is 5.41 Å². The van der Waals surface area contributed by atoms with Crippen molar-refractivity contribution in [3.8, 4) is 0 Å². The Bertz CT molecular complexity index is 835. The van der Waals surface area contributed by atoms with Crippen LogP contribution in [0.4, 0.5) is 0 Å². The predicted octanol–water partition coefficient (Wildman–Crippen LogP) is 2.37. The molecule has 124 valence electrons. The van der Waals surface area contributed by atoms with E-state index in [1.807, 2.05) is 13.8 Å². The Morgan fingerprint density at radius 2 is 2.17 bits per heavy atom. The first kappa shape index (κ1) is 16.4. The summed E-state index contributed by atoms with van der Waals surface area (Å²) < 4.78 is 28.6. The Labute approximate surface area is 136 Å². The van der Waals surface area contributed by atoms with E-state index in [0.717, 1.165) is 24.8 Å². The highest BCUT2D eigenvalue weighted by molar-refractivity contribution is 7.89. The number of aliphatic hydroxyl groups is 1. The molecule has 1 aliphatic rings. The molecule has 1 aliphatic carbocycles. The summed E-state index contributed by atoms with van der Waals surface area (Å²) in [5, 5.41) is 10.3. The lowest BCUT2D eigenvalue weighted by atomic mass is 9.86. The van der Waals surface area contributed by atoms with Crippen LogP contribution >= 0.6 is 0 Å². The van der Waals surface area contributed by atoms with E-state index < -0.39 is 15.4 Å². The summed E-state index contributed by atoms with van der Waals surface area (Å²) in [6.07, 6.45) is 4.16. The van der Waals surface area contributed by atoms with Crippen molar-refractivity contribution in [3.63, 3.8) is 0 Å². The first-order valence-corrected chi connectivity index (χ1v) is 9.33. The second-order valence-electron chi connectivity index (χ2n) is 6.66. The number of nitrogens with one attached hydrogen (secondary N) is 1. The van der Waals surface area contributed by atoms with E-state index in [1.165, 1.54) is 0 Å². The van der Waals surface area contributed by atoms with Gasteiger partial charge in [0.25, 0.3) is 0 Å². The maximum Gasteiger partial charge on any atom is 0.241 e. The van der Waals surface area contributed by atoms with Gasteiger partial charge in [0.1, 0.15) is 0 Å². The van der Waals surface area contributed by atoms with E-state index in [4.69, 9.17) is 0 Å². The fourth-order valence-corrected chi connectivity index (χ4v) is 5.00. The summed E-state index contributed by atoms with van der Waals surface area (Å²) in [5.74, 6) is 0. The van der Waals surface area contributed by atoms with Gasteiger partial charge in [-0.05, 0) is 43.5 Å². The average molecular weight is 334 g/mol. The van der Waals surface area contributed by atoms with Gasteiger partial charge in [0.2, 0.25) is 10.0 Å². The van der Waals surface area contributed by atoms with Crippen LogP contribution in [0.1, 0.15) is 31.7 Å². The number of hydrogen-bond acceptors (Lipinski definition) is 4. The van der Waals surface area contributed by atoms with Crippen LogP contribution in [0.3, 0.4) is 0 Å². The van der Waals surface area contributed by atoms with Crippen LogP contribution in [0.5, 0.6) is 0 Å². The van der Waals surface area contributed by atoms with Gasteiger partial charge in [-0.2, -0.15) is 0 Å². The monoisotopic (exact) mass is 334 g/mol. The van der Waals surface area contributed by atoms with Gasteiger partial charge in [-0.3, -0.25) is 4.98 Å². The molecule has 3 rings (SSSR count). The van der Waals surface area contributed by atoms with E-state index in [2.05, 4.69) is 9.71 Å². The Balaban J connectivity index is 2.03. The Hall–Kier alpha value is -1.50. The molecular weight excluding hydrogens is 312 g/mol. The van der Waals surface area contributed by atoms with Crippen molar-refractivity contribution < 1.29 is 13.5 Å². The summed E-state index contributed by atoms with van der Waals surface area (Å²) in [7, 11) is -3.67. The molecular formula is C17H22N2O3S. The molecule has 2 aromatic rings. The summed E-state index contributed by atoms with van der Waals surface area (Å²) in [4.78, 5) is 4.55. The number of pyridine rings is 1. The van der Waals surface area contributed by atoms with Crippen LogP contribution < -0.4 is 4.72 Å². The van der Waals surface area contributed by atoms with E-state index in [-0.39, 0.29) is 17.5 Å². The number of hydrogen-bond donors (Lipinski definition) is 2. The number of aromatic nitrogens is 1. The van der Waals surface area contributed by atoms with E-state index in [1.54, 1.807) is 30.5 Å². The minimum Gasteiger partial charge on any atom is -0.396 e. The van der Waals surface area contributed by atoms with Crippen molar-refractivity contribution in [1.82, 2.24) is 9.71 Å². The van der Waals surface area contributed by atoms with Gasteiger partial charge in [-0.15, -0.1) is 0 Å². The van der Waals surface area contributed by atoms with Gasteiger partial charge in [-0.1, -0.05) is 19.4 Å². The molecule has 0 amide bonds. The second kappa shape index (κ2) is 5.85. The van der Waals surface area contributed by atoms with E-state index >= 15 is 0 Å². The second-order valence-corrected chi connectivity index (χ2v) is 8.34. The Morgan fingerprint density at radius 1 is 1.39 bits per heavy atom. The van der Waals surface area contributed by atoms with Gasteiger partial charge in [0.15, 0.2) is 0 Å². The molecule has 0 spiro atoms. The topological polar surface area (TPSA) is 79.3 Å². The molecule has 1 aromatic heterocycles. The third kappa shape index (κ3) is 2.86. The molecule has 1 saturated carbocycles. The Kier molecular flexibility index (Phi) is 4.16. The van der Waals surface area contributed by atoms with Crippen LogP contribution in [-0.2, 0) is 10.0 Å². The number of sulfonamides is 1. The fraction of sp³-hybridized carbons (Fsp3) is 0.471. The Morgan fingerprint density at radius 3 is 2.91 bits per heavy atom. The van der Waals surface area contributed by atoms with Gasteiger partial charge < -0.3 is 5.11 Å². The lowest BCUT2D eigenvalue weighted by Gasteiger charge is -2.30. The molecule has 2 unspecified atom stereocenters. The molecule has 1 fully saturated rings. The third-order valence-electron chi connectivity index (χ3n) is 4.96. The summed E-state index contributed by atoms with van der Waals surface area (Å²) >= 11 is 0. The highest BCUT2D eigenvalue weighted by atomic mass is 32.2. The lowest BCUT2D eigenvalue weighted by molar-refractivity contribution is 0.127. The molecule has 2 N–H and O–H groups in total. The zero-order valence-electron chi connectivity index (χ0n) is 13.4. The standard InChI is InChI=1S/C17H22N2O3S/c1-12-7-8-14(13-5-4-10-18-16(12)13)23(21,22)19-15-6-3-9-17(15,2)11-20/h4-5,7-8,10,15,19-20H,3,6,9,11H2,1-2H3. The first-order valence-electron chi connectivity index (χ1n) is 7.85. The predicted molar refractivity (Wildman–Crippen MR) is 89.6 cm³/mol. The molecule has 0 saturated heterocycles. The van der Waals surface area contributed by atoms with Crippen LogP contribution in [0, 0.1) is 12.3 Å². The van der Waals surface area contributed by atoms with Crippen LogP contribution in [0.25, 0.3) is 10.9 Å². The normalized spacial score (nSPS) is 25.1. The number of fused-ring (bicyclic) bond motifs is 1. The SMILES string of the molecule is Cc1ccc(S(=O)(=O)NC2CCCC2(C)CO)c2cccnc12. The van der Waals surface area contributed by atoms with Crippen molar-refractivity contribution in [3.05, 3.63) is 36.0 Å². The summed E-state index contributed by atoms with van der Waals surface area (Å²) in [6.45, 7) is 3.83. The fourth-order valence-electron chi connectivity index (χ4n) is 3.40. The molecule has 1 heterocycles. The zero-order chi connectivity index (χ0) is 16.7. The van der Waals surface area contributed by atoms with Crippen molar-refractivity contribution in [1.29, 1.82) is 0 Å². The number of aliphatic hydroxyl groups excluding tert-OH is 1. The van der Waals surface area contributed by atoms with E-state index in [9.17, 15) is 13.5 Å². The molecule has 0 radical (unpaired) electrons. The number of aryl methyl sites for hydroxylation is 1. The maximum absolute atomic E-state index is 12.9. The highest BCUT2D eigenvalue weighted by Crippen LogP contribution is 2.38. The molecule has 1 aromatic carbocycles. The van der Waals surface area contributed by atoms with Gasteiger partial charge in [0.05, 0.1) is 10.4 Å². The molecule has 2 atom stereocenters. The summed E-state index contributed by atoms with van der Waals surface area (Å²) in [5.41, 5.74) is 1.25. The van der Waals surface area contributed by atoms with Crippen molar-refractivity contribution in [2.45, 2.75) is 44.0 Å². The molecule has 6 heteroatoms. The number of nitrogens with zero attached hydrogens (tertiary/aromatic N) is 1.